The number of rotatable bonds is 5. The topological polar surface area (TPSA) is 55.7 Å². The lowest BCUT2D eigenvalue weighted by Crippen LogP contribution is -2.12. The molecule has 2 aromatic carbocycles. The van der Waals surface area contributed by atoms with Crippen molar-refractivity contribution in [1.29, 1.82) is 0 Å². The standard InChI is InChI=1S/C15H13NO3S/c1-12(17)15(13-8-4-2-5-9-13)16-19-20(18)14-10-6-3-7-11-14/h2-11H,1H3/b16-15+. The summed E-state index contributed by atoms with van der Waals surface area (Å²) in [6.45, 7) is 1.39. The van der Waals surface area contributed by atoms with Crippen molar-refractivity contribution in [1.82, 2.24) is 0 Å². The molecule has 0 amide bonds. The number of benzene rings is 2. The molecule has 4 nitrogen and oxygen atoms in total. The van der Waals surface area contributed by atoms with Crippen molar-refractivity contribution in [2.45, 2.75) is 11.8 Å². The Morgan fingerprint density at radius 1 is 1.00 bits per heavy atom. The quantitative estimate of drug-likeness (QED) is 0.627. The molecule has 0 aromatic heterocycles. The van der Waals surface area contributed by atoms with E-state index in [1.807, 2.05) is 12.1 Å². The molecular formula is C15H13NO3S. The average molecular weight is 287 g/mol. The largest absolute Gasteiger partial charge is 0.293 e. The van der Waals surface area contributed by atoms with E-state index >= 15 is 0 Å². The van der Waals surface area contributed by atoms with Gasteiger partial charge in [-0.1, -0.05) is 53.7 Å². The van der Waals surface area contributed by atoms with Gasteiger partial charge < -0.3 is 0 Å². The highest BCUT2D eigenvalue weighted by atomic mass is 32.2. The predicted octanol–water partition coefficient (Wildman–Crippen LogP) is 2.72. The van der Waals surface area contributed by atoms with Gasteiger partial charge in [0.05, 0.1) is 4.90 Å². The number of hydrogen-bond donors (Lipinski definition) is 0. The minimum atomic E-state index is -1.73. The van der Waals surface area contributed by atoms with Gasteiger partial charge in [0, 0.05) is 12.5 Å². The van der Waals surface area contributed by atoms with Gasteiger partial charge in [-0.25, -0.2) is 4.21 Å². The van der Waals surface area contributed by atoms with E-state index in [1.165, 1.54) is 6.92 Å². The highest BCUT2D eigenvalue weighted by molar-refractivity contribution is 7.80. The third-order valence-electron chi connectivity index (χ3n) is 2.51. The molecule has 0 radical (unpaired) electrons. The molecule has 0 aliphatic heterocycles. The Bertz CT molecular complexity index is 639. The molecule has 0 N–H and O–H groups in total. The smallest absolute Gasteiger partial charge is 0.265 e. The van der Waals surface area contributed by atoms with Crippen LogP contribution in [0.3, 0.4) is 0 Å². The first-order valence-electron chi connectivity index (χ1n) is 5.97. The van der Waals surface area contributed by atoms with Gasteiger partial charge in [0.2, 0.25) is 0 Å². The molecule has 1 unspecified atom stereocenters. The summed E-state index contributed by atoms with van der Waals surface area (Å²) >= 11 is -1.73. The zero-order valence-corrected chi connectivity index (χ0v) is 11.7. The highest BCUT2D eigenvalue weighted by Crippen LogP contribution is 2.09. The molecule has 1 atom stereocenters. The third-order valence-corrected chi connectivity index (χ3v) is 3.38. The maximum absolute atomic E-state index is 11.9. The van der Waals surface area contributed by atoms with Crippen LogP contribution >= 0.6 is 0 Å². The summed E-state index contributed by atoms with van der Waals surface area (Å²) in [6.07, 6.45) is 0. The Morgan fingerprint density at radius 3 is 2.10 bits per heavy atom. The molecule has 0 aliphatic rings. The number of carbonyl (C=O) groups excluding carboxylic acids is 1. The van der Waals surface area contributed by atoms with Crippen molar-refractivity contribution in [2.75, 3.05) is 0 Å². The first-order valence-corrected chi connectivity index (χ1v) is 7.04. The van der Waals surface area contributed by atoms with E-state index in [2.05, 4.69) is 5.16 Å². The van der Waals surface area contributed by atoms with Crippen LogP contribution in [0.2, 0.25) is 0 Å². The van der Waals surface area contributed by atoms with Crippen LogP contribution in [0.5, 0.6) is 0 Å². The molecule has 5 heteroatoms. The number of hydrogen-bond acceptors (Lipinski definition) is 4. The van der Waals surface area contributed by atoms with Gasteiger partial charge in [0.1, 0.15) is 0 Å². The molecule has 102 valence electrons. The summed E-state index contributed by atoms with van der Waals surface area (Å²) in [5, 5.41) is 3.74. The van der Waals surface area contributed by atoms with E-state index in [0.717, 1.165) is 0 Å². The fourth-order valence-corrected chi connectivity index (χ4v) is 2.17. The van der Waals surface area contributed by atoms with Gasteiger partial charge in [0.25, 0.3) is 11.1 Å². The molecule has 0 saturated carbocycles. The zero-order chi connectivity index (χ0) is 14.4. The molecule has 0 heterocycles. The summed E-state index contributed by atoms with van der Waals surface area (Å²) in [5.74, 6) is -0.249. The maximum atomic E-state index is 11.9. The van der Waals surface area contributed by atoms with Crippen LogP contribution in [-0.4, -0.2) is 15.7 Å². The predicted molar refractivity (Wildman–Crippen MR) is 77.6 cm³/mol. The van der Waals surface area contributed by atoms with Crippen molar-refractivity contribution in [3.63, 3.8) is 0 Å². The van der Waals surface area contributed by atoms with E-state index in [4.69, 9.17) is 4.28 Å². The third kappa shape index (κ3) is 3.61. The minimum Gasteiger partial charge on any atom is -0.293 e. The molecule has 0 spiro atoms. The first kappa shape index (κ1) is 14.1. The second kappa shape index (κ2) is 6.77. The van der Waals surface area contributed by atoms with Crippen LogP contribution in [0.1, 0.15) is 12.5 Å². The lowest BCUT2D eigenvalue weighted by Gasteiger charge is -2.03. The summed E-state index contributed by atoms with van der Waals surface area (Å²) in [5.41, 5.74) is 0.778. The number of ketones is 1. The maximum Gasteiger partial charge on any atom is 0.265 e. The van der Waals surface area contributed by atoms with E-state index in [9.17, 15) is 9.00 Å². The van der Waals surface area contributed by atoms with Crippen LogP contribution in [0, 0.1) is 0 Å². The summed E-state index contributed by atoms with van der Waals surface area (Å²) in [6, 6.07) is 17.6. The second-order valence-corrected chi connectivity index (χ2v) is 5.07. The fraction of sp³-hybridized carbons (Fsp3) is 0.0667. The summed E-state index contributed by atoms with van der Waals surface area (Å²) in [7, 11) is 0. The number of Topliss-reactive ketones (excluding diaryl/α,β-unsaturated/α-hetero) is 1. The molecule has 0 fully saturated rings. The van der Waals surface area contributed by atoms with E-state index in [1.54, 1.807) is 48.5 Å². The van der Waals surface area contributed by atoms with Crippen molar-refractivity contribution in [2.24, 2.45) is 5.16 Å². The van der Waals surface area contributed by atoms with Crippen molar-refractivity contribution in [3.05, 3.63) is 66.2 Å². The van der Waals surface area contributed by atoms with Crippen LogP contribution < -0.4 is 0 Å². The van der Waals surface area contributed by atoms with Gasteiger partial charge >= 0.3 is 0 Å². The van der Waals surface area contributed by atoms with Gasteiger partial charge in [-0.15, -0.1) is 0 Å². The van der Waals surface area contributed by atoms with Crippen molar-refractivity contribution in [3.8, 4) is 0 Å². The number of carbonyl (C=O) groups is 1. The molecule has 0 bridgehead atoms. The fourth-order valence-electron chi connectivity index (χ4n) is 1.56. The van der Waals surface area contributed by atoms with Crippen molar-refractivity contribution < 1.29 is 13.3 Å². The molecule has 0 aliphatic carbocycles. The van der Waals surface area contributed by atoms with Gasteiger partial charge in [-0.3, -0.25) is 9.08 Å². The second-order valence-electron chi connectivity index (χ2n) is 3.98. The molecule has 0 saturated heterocycles. The summed E-state index contributed by atoms with van der Waals surface area (Å²) < 4.78 is 16.8. The molecule has 2 aromatic rings. The molecular weight excluding hydrogens is 274 g/mol. The normalized spacial score (nSPS) is 12.8. The Labute approximate surface area is 119 Å². The lowest BCUT2D eigenvalue weighted by atomic mass is 10.1. The highest BCUT2D eigenvalue weighted by Gasteiger charge is 2.11. The van der Waals surface area contributed by atoms with E-state index in [0.29, 0.717) is 10.5 Å². The van der Waals surface area contributed by atoms with Gasteiger partial charge in [-0.2, -0.15) is 0 Å². The lowest BCUT2D eigenvalue weighted by molar-refractivity contribution is -0.111. The monoisotopic (exact) mass is 287 g/mol. The minimum absolute atomic E-state index is 0.148. The Morgan fingerprint density at radius 2 is 1.55 bits per heavy atom. The SMILES string of the molecule is CC(=O)/C(=N\OS(=O)c1ccccc1)c1ccccc1. The van der Waals surface area contributed by atoms with Gasteiger partial charge in [-0.05, 0) is 12.1 Å². The van der Waals surface area contributed by atoms with Crippen LogP contribution in [0.25, 0.3) is 0 Å². The number of oxime groups is 1. The number of nitrogens with zero attached hydrogens (tertiary/aromatic N) is 1. The first-order chi connectivity index (χ1) is 9.68. The average Bonchev–Trinajstić information content (AvgIpc) is 2.49. The molecule has 20 heavy (non-hydrogen) atoms. The van der Waals surface area contributed by atoms with E-state index < -0.39 is 11.1 Å². The van der Waals surface area contributed by atoms with Crippen molar-refractivity contribution >= 4 is 22.6 Å². The van der Waals surface area contributed by atoms with Crippen LogP contribution in [-0.2, 0) is 20.2 Å². The van der Waals surface area contributed by atoms with Crippen LogP contribution in [0.15, 0.2) is 70.7 Å². The van der Waals surface area contributed by atoms with Crippen LogP contribution in [0.4, 0.5) is 0 Å². The Balaban J connectivity index is 2.19. The van der Waals surface area contributed by atoms with Gasteiger partial charge in [0.15, 0.2) is 11.5 Å². The Hall–Kier alpha value is -2.27. The Kier molecular flexibility index (Phi) is 4.79. The van der Waals surface area contributed by atoms with E-state index in [-0.39, 0.29) is 11.5 Å². The molecule has 2 rings (SSSR count). The zero-order valence-electron chi connectivity index (χ0n) is 10.9. The summed E-state index contributed by atoms with van der Waals surface area (Å²) in [4.78, 5) is 12.1.